The fraction of sp³-hybridized carbons (Fsp3) is 0.400. The first kappa shape index (κ1) is 12.7. The largest absolute Gasteiger partial charge is 0.383 e. The minimum Gasteiger partial charge on any atom is -0.383 e. The smallest absolute Gasteiger partial charge is 0.0632 e. The van der Waals surface area contributed by atoms with Gasteiger partial charge in [-0.3, -0.25) is 11.3 Å². The quantitative estimate of drug-likeness (QED) is 0.620. The predicted octanol–water partition coefficient (Wildman–Crippen LogP) is 2.01. The summed E-state index contributed by atoms with van der Waals surface area (Å²) in [5.74, 6) is 5.39. The van der Waals surface area contributed by atoms with Gasteiger partial charge in [0.2, 0.25) is 0 Å². The van der Waals surface area contributed by atoms with E-state index in [0.29, 0.717) is 23.1 Å². The monoisotopic (exact) mass is 248 g/mol. The Morgan fingerprint density at radius 1 is 1.40 bits per heavy atom. The molecule has 3 N–H and O–H groups in total. The van der Waals surface area contributed by atoms with Crippen molar-refractivity contribution in [2.24, 2.45) is 5.84 Å². The third-order valence-electron chi connectivity index (χ3n) is 2.12. The van der Waals surface area contributed by atoms with Gasteiger partial charge in [0.25, 0.3) is 0 Å². The Balaban J connectivity index is 2.78. The normalized spacial score (nSPS) is 12.8. The zero-order chi connectivity index (χ0) is 11.3. The zero-order valence-corrected chi connectivity index (χ0v) is 9.98. The number of rotatable bonds is 5. The van der Waals surface area contributed by atoms with Gasteiger partial charge in [-0.25, -0.2) is 0 Å². The lowest BCUT2D eigenvalue weighted by atomic mass is 10.1. The Morgan fingerprint density at radius 3 is 2.47 bits per heavy atom. The van der Waals surface area contributed by atoms with Crippen molar-refractivity contribution >= 4 is 23.2 Å². The highest BCUT2D eigenvalue weighted by Gasteiger charge is 2.12. The second-order valence-corrected chi connectivity index (χ2v) is 4.04. The Bertz CT molecular complexity index is 300. The molecule has 0 saturated carbocycles. The van der Waals surface area contributed by atoms with Gasteiger partial charge >= 0.3 is 0 Å². The third-order valence-corrected chi connectivity index (χ3v) is 2.82. The second-order valence-electron chi connectivity index (χ2n) is 3.22. The Morgan fingerprint density at radius 2 is 2.00 bits per heavy atom. The minimum absolute atomic E-state index is 0.00685. The molecule has 0 radical (unpaired) electrons. The van der Waals surface area contributed by atoms with Crippen molar-refractivity contribution in [3.8, 4) is 0 Å². The topological polar surface area (TPSA) is 47.3 Å². The number of nitrogens with two attached hydrogens (primary N) is 1. The van der Waals surface area contributed by atoms with E-state index in [-0.39, 0.29) is 6.04 Å². The summed E-state index contributed by atoms with van der Waals surface area (Å²) in [6, 6.07) is 5.44. The van der Waals surface area contributed by atoms with Gasteiger partial charge in [-0.1, -0.05) is 29.3 Å². The molecule has 1 aromatic rings. The van der Waals surface area contributed by atoms with E-state index in [9.17, 15) is 0 Å². The molecule has 15 heavy (non-hydrogen) atoms. The maximum atomic E-state index is 6.04. The summed E-state index contributed by atoms with van der Waals surface area (Å²) in [5, 5.41) is 1.30. The molecule has 0 saturated heterocycles. The second kappa shape index (κ2) is 6.30. The summed E-state index contributed by atoms with van der Waals surface area (Å²) < 4.78 is 5.02. The predicted molar refractivity (Wildman–Crippen MR) is 63.2 cm³/mol. The molecule has 0 heterocycles. The summed E-state index contributed by atoms with van der Waals surface area (Å²) in [6.07, 6.45) is 0.642. The Labute approximate surface area is 99.5 Å². The molecule has 1 unspecified atom stereocenters. The van der Waals surface area contributed by atoms with Crippen LogP contribution in [-0.4, -0.2) is 19.8 Å². The number of methoxy groups -OCH3 is 1. The molecule has 1 atom stereocenters. The highest BCUT2D eigenvalue weighted by molar-refractivity contribution is 6.35. The number of hydrogen-bond donors (Lipinski definition) is 2. The lowest BCUT2D eigenvalue weighted by Gasteiger charge is -2.16. The van der Waals surface area contributed by atoms with Crippen LogP contribution >= 0.6 is 23.2 Å². The number of ether oxygens (including phenoxy) is 1. The summed E-state index contributed by atoms with van der Waals surface area (Å²) in [7, 11) is 1.62. The van der Waals surface area contributed by atoms with Gasteiger partial charge in [-0.05, 0) is 24.1 Å². The fourth-order valence-electron chi connectivity index (χ4n) is 1.34. The Hall–Kier alpha value is -0.320. The maximum Gasteiger partial charge on any atom is 0.0632 e. The van der Waals surface area contributed by atoms with E-state index in [1.807, 2.05) is 18.2 Å². The van der Waals surface area contributed by atoms with E-state index in [1.165, 1.54) is 0 Å². The van der Waals surface area contributed by atoms with Gasteiger partial charge in [-0.15, -0.1) is 0 Å². The molecule has 1 rings (SSSR count). The minimum atomic E-state index is 0.00685. The summed E-state index contributed by atoms with van der Waals surface area (Å²) in [6.45, 7) is 0.512. The van der Waals surface area contributed by atoms with Crippen LogP contribution in [-0.2, 0) is 11.2 Å². The van der Waals surface area contributed by atoms with Crippen LogP contribution in [0.3, 0.4) is 0 Å². The van der Waals surface area contributed by atoms with Gasteiger partial charge < -0.3 is 4.74 Å². The first-order valence-electron chi connectivity index (χ1n) is 4.57. The van der Waals surface area contributed by atoms with Gasteiger partial charge in [0.05, 0.1) is 6.61 Å². The maximum absolute atomic E-state index is 6.04. The standard InChI is InChI=1S/C10H14Cl2N2O/c1-15-6-7(14-13)5-8-9(11)3-2-4-10(8)12/h2-4,7,14H,5-6,13H2,1H3. The molecule has 0 aliphatic carbocycles. The average molecular weight is 249 g/mol. The van der Waals surface area contributed by atoms with Crippen molar-refractivity contribution in [2.45, 2.75) is 12.5 Å². The summed E-state index contributed by atoms with van der Waals surface area (Å²) >= 11 is 12.1. The SMILES string of the molecule is COCC(Cc1c(Cl)cccc1Cl)NN. The number of benzene rings is 1. The van der Waals surface area contributed by atoms with Crippen molar-refractivity contribution < 1.29 is 4.74 Å². The van der Waals surface area contributed by atoms with Crippen LogP contribution in [0.25, 0.3) is 0 Å². The van der Waals surface area contributed by atoms with E-state index in [4.69, 9.17) is 33.8 Å². The van der Waals surface area contributed by atoms with Gasteiger partial charge in [-0.2, -0.15) is 0 Å². The van der Waals surface area contributed by atoms with Crippen LogP contribution in [0.5, 0.6) is 0 Å². The number of halogens is 2. The van der Waals surface area contributed by atoms with Crippen molar-refractivity contribution in [1.82, 2.24) is 5.43 Å². The number of nitrogens with one attached hydrogen (secondary N) is 1. The molecule has 1 aromatic carbocycles. The van der Waals surface area contributed by atoms with Crippen LogP contribution in [0.15, 0.2) is 18.2 Å². The molecule has 0 spiro atoms. The fourth-order valence-corrected chi connectivity index (χ4v) is 1.89. The average Bonchev–Trinajstić information content (AvgIpc) is 2.22. The molecule has 0 fully saturated rings. The summed E-state index contributed by atoms with van der Waals surface area (Å²) in [5.41, 5.74) is 3.55. The van der Waals surface area contributed by atoms with Crippen molar-refractivity contribution in [3.63, 3.8) is 0 Å². The van der Waals surface area contributed by atoms with E-state index >= 15 is 0 Å². The molecule has 84 valence electrons. The highest BCUT2D eigenvalue weighted by Crippen LogP contribution is 2.25. The highest BCUT2D eigenvalue weighted by atomic mass is 35.5. The molecule has 0 aliphatic heterocycles. The molecular formula is C10H14Cl2N2O. The molecule has 0 amide bonds. The summed E-state index contributed by atoms with van der Waals surface area (Å²) in [4.78, 5) is 0. The molecular weight excluding hydrogens is 235 g/mol. The molecule has 0 aliphatic rings. The van der Waals surface area contributed by atoms with E-state index in [2.05, 4.69) is 5.43 Å². The van der Waals surface area contributed by atoms with Gasteiger partial charge in [0.1, 0.15) is 0 Å². The van der Waals surface area contributed by atoms with Crippen LogP contribution < -0.4 is 11.3 Å². The molecule has 3 nitrogen and oxygen atoms in total. The van der Waals surface area contributed by atoms with Crippen LogP contribution in [0.2, 0.25) is 10.0 Å². The van der Waals surface area contributed by atoms with Crippen LogP contribution in [0, 0.1) is 0 Å². The third kappa shape index (κ3) is 3.63. The Kier molecular flexibility index (Phi) is 5.36. The number of hydrogen-bond acceptors (Lipinski definition) is 3. The molecule has 0 bridgehead atoms. The van der Waals surface area contributed by atoms with Gasteiger partial charge in [0.15, 0.2) is 0 Å². The van der Waals surface area contributed by atoms with Crippen LogP contribution in [0.4, 0.5) is 0 Å². The first-order valence-corrected chi connectivity index (χ1v) is 5.32. The lowest BCUT2D eigenvalue weighted by molar-refractivity contribution is 0.166. The van der Waals surface area contributed by atoms with E-state index < -0.39 is 0 Å². The zero-order valence-electron chi connectivity index (χ0n) is 8.47. The first-order chi connectivity index (χ1) is 7.19. The van der Waals surface area contributed by atoms with Gasteiger partial charge in [0, 0.05) is 23.2 Å². The lowest BCUT2D eigenvalue weighted by Crippen LogP contribution is -2.40. The van der Waals surface area contributed by atoms with E-state index in [0.717, 1.165) is 5.56 Å². The molecule has 5 heteroatoms. The van der Waals surface area contributed by atoms with Crippen molar-refractivity contribution in [3.05, 3.63) is 33.8 Å². The van der Waals surface area contributed by atoms with E-state index in [1.54, 1.807) is 7.11 Å². The molecule has 0 aromatic heterocycles. The van der Waals surface area contributed by atoms with Crippen LogP contribution in [0.1, 0.15) is 5.56 Å². The van der Waals surface area contributed by atoms with Crippen molar-refractivity contribution in [1.29, 1.82) is 0 Å². The van der Waals surface area contributed by atoms with Crippen molar-refractivity contribution in [2.75, 3.05) is 13.7 Å². The number of hydrazine groups is 1.